The van der Waals surface area contributed by atoms with Crippen LogP contribution >= 0.6 is 11.3 Å². The van der Waals surface area contributed by atoms with Gasteiger partial charge in [0.15, 0.2) is 0 Å². The van der Waals surface area contributed by atoms with Crippen molar-refractivity contribution >= 4 is 11.3 Å². The molecule has 0 amide bonds. The Hall–Kier alpha value is -1.26. The van der Waals surface area contributed by atoms with Gasteiger partial charge < -0.3 is 5.32 Å². The second-order valence-electron chi connectivity index (χ2n) is 4.36. The molecule has 0 saturated heterocycles. The molecule has 0 aromatic carbocycles. The van der Waals surface area contributed by atoms with Crippen LogP contribution in [-0.4, -0.2) is 16.5 Å². The molecule has 1 unspecified atom stereocenters. The fourth-order valence-corrected chi connectivity index (χ4v) is 2.56. The molecule has 3 nitrogen and oxygen atoms in total. The van der Waals surface area contributed by atoms with Crippen LogP contribution in [0.4, 0.5) is 0 Å². The highest BCUT2D eigenvalue weighted by molar-refractivity contribution is 7.09. The smallest absolute Gasteiger partial charge is 0.0898 e. The van der Waals surface area contributed by atoms with Crippen molar-refractivity contribution < 1.29 is 0 Å². The molecule has 18 heavy (non-hydrogen) atoms. The van der Waals surface area contributed by atoms with Crippen molar-refractivity contribution in [2.75, 3.05) is 6.54 Å². The largest absolute Gasteiger partial charge is 0.308 e. The third-order valence-corrected chi connectivity index (χ3v) is 3.62. The van der Waals surface area contributed by atoms with Crippen LogP contribution < -0.4 is 5.32 Å². The van der Waals surface area contributed by atoms with Gasteiger partial charge in [-0.3, -0.25) is 4.98 Å². The van der Waals surface area contributed by atoms with Crippen molar-refractivity contribution in [1.82, 2.24) is 15.3 Å². The van der Waals surface area contributed by atoms with Gasteiger partial charge in [-0.05, 0) is 44.0 Å². The van der Waals surface area contributed by atoms with E-state index in [-0.39, 0.29) is 0 Å². The van der Waals surface area contributed by atoms with Crippen molar-refractivity contribution in [3.63, 3.8) is 0 Å². The number of aromatic nitrogens is 2. The summed E-state index contributed by atoms with van der Waals surface area (Å²) in [4.78, 5) is 8.66. The number of nitrogens with one attached hydrogen (secondary N) is 1. The maximum atomic E-state index is 4.60. The molecule has 2 aromatic rings. The molecule has 1 atom stereocenters. The lowest BCUT2D eigenvalue weighted by Crippen LogP contribution is -2.24. The third-order valence-electron chi connectivity index (χ3n) is 2.82. The minimum Gasteiger partial charge on any atom is -0.308 e. The monoisotopic (exact) mass is 261 g/mol. The van der Waals surface area contributed by atoms with Crippen molar-refractivity contribution in [3.05, 3.63) is 46.2 Å². The van der Waals surface area contributed by atoms with Gasteiger partial charge in [0, 0.05) is 17.8 Å². The van der Waals surface area contributed by atoms with Crippen LogP contribution in [0.3, 0.4) is 0 Å². The molecule has 2 aromatic heterocycles. The number of rotatable bonds is 6. The summed E-state index contributed by atoms with van der Waals surface area (Å²) in [5.74, 6) is 0. The highest BCUT2D eigenvalue weighted by Crippen LogP contribution is 2.20. The topological polar surface area (TPSA) is 37.8 Å². The second kappa shape index (κ2) is 6.61. The van der Waals surface area contributed by atoms with Crippen molar-refractivity contribution in [2.45, 2.75) is 32.7 Å². The fourth-order valence-electron chi connectivity index (χ4n) is 1.89. The first-order chi connectivity index (χ1) is 8.79. The Kier molecular flexibility index (Phi) is 4.84. The molecule has 0 aliphatic heterocycles. The summed E-state index contributed by atoms with van der Waals surface area (Å²) in [6.07, 6.45) is 5.79. The molecule has 0 radical (unpaired) electrons. The normalized spacial score (nSPS) is 12.6. The number of aryl methyl sites for hydroxylation is 1. The van der Waals surface area contributed by atoms with E-state index in [9.17, 15) is 0 Å². The lowest BCUT2D eigenvalue weighted by Gasteiger charge is -2.16. The Bertz CT molecular complexity index is 467. The van der Waals surface area contributed by atoms with Crippen LogP contribution in [0.2, 0.25) is 0 Å². The molecular weight excluding hydrogens is 242 g/mol. The Morgan fingerprint density at radius 3 is 2.72 bits per heavy atom. The average molecular weight is 261 g/mol. The molecule has 96 valence electrons. The maximum absolute atomic E-state index is 4.60. The Morgan fingerprint density at radius 2 is 2.11 bits per heavy atom. The van der Waals surface area contributed by atoms with E-state index in [1.807, 2.05) is 12.4 Å². The van der Waals surface area contributed by atoms with E-state index in [0.29, 0.717) is 6.04 Å². The molecule has 0 aliphatic carbocycles. The average Bonchev–Trinajstić information content (AvgIpc) is 2.82. The van der Waals surface area contributed by atoms with E-state index >= 15 is 0 Å². The van der Waals surface area contributed by atoms with E-state index in [2.05, 4.69) is 46.6 Å². The van der Waals surface area contributed by atoms with Gasteiger partial charge in [0.1, 0.15) is 0 Å². The highest BCUT2D eigenvalue weighted by atomic mass is 32.1. The van der Waals surface area contributed by atoms with Crippen LogP contribution in [-0.2, 0) is 6.42 Å². The van der Waals surface area contributed by atoms with Gasteiger partial charge in [0.25, 0.3) is 0 Å². The SMILES string of the molecule is CCCNC(Cc1ccncc1)c1csc(C)n1. The van der Waals surface area contributed by atoms with Crippen LogP contribution in [0.15, 0.2) is 29.9 Å². The molecule has 2 heterocycles. The number of hydrogen-bond donors (Lipinski definition) is 1. The first-order valence-corrected chi connectivity index (χ1v) is 7.22. The van der Waals surface area contributed by atoms with E-state index in [1.54, 1.807) is 11.3 Å². The quantitative estimate of drug-likeness (QED) is 0.868. The first kappa shape index (κ1) is 13.2. The summed E-state index contributed by atoms with van der Waals surface area (Å²) in [5, 5.41) is 6.86. The molecule has 1 N–H and O–H groups in total. The zero-order chi connectivity index (χ0) is 12.8. The molecule has 0 aliphatic rings. The molecular formula is C14H19N3S. The number of nitrogens with zero attached hydrogens (tertiary/aromatic N) is 2. The summed E-state index contributed by atoms with van der Waals surface area (Å²) in [7, 11) is 0. The third kappa shape index (κ3) is 3.62. The summed E-state index contributed by atoms with van der Waals surface area (Å²) in [6.45, 7) is 5.26. The zero-order valence-electron chi connectivity index (χ0n) is 10.9. The summed E-state index contributed by atoms with van der Waals surface area (Å²) in [6, 6.07) is 4.44. The standard InChI is InChI=1S/C14H19N3S/c1-3-6-16-13(14-10-18-11(2)17-14)9-12-4-7-15-8-5-12/h4-5,7-8,10,13,16H,3,6,9H2,1-2H3. The van der Waals surface area contributed by atoms with Crippen molar-refractivity contribution in [3.8, 4) is 0 Å². The fraction of sp³-hybridized carbons (Fsp3) is 0.429. The minimum atomic E-state index is 0.303. The molecule has 0 saturated carbocycles. The lowest BCUT2D eigenvalue weighted by molar-refractivity contribution is 0.519. The predicted molar refractivity (Wildman–Crippen MR) is 75.8 cm³/mol. The van der Waals surface area contributed by atoms with Crippen molar-refractivity contribution in [1.29, 1.82) is 0 Å². The Balaban J connectivity index is 2.10. The molecule has 0 fully saturated rings. The van der Waals surface area contributed by atoms with E-state index in [1.165, 1.54) is 5.56 Å². The van der Waals surface area contributed by atoms with Crippen molar-refractivity contribution in [2.24, 2.45) is 0 Å². The zero-order valence-corrected chi connectivity index (χ0v) is 11.7. The van der Waals surface area contributed by atoms with Gasteiger partial charge in [0.2, 0.25) is 0 Å². The summed E-state index contributed by atoms with van der Waals surface area (Å²) >= 11 is 1.71. The van der Waals surface area contributed by atoms with E-state index in [0.717, 1.165) is 30.1 Å². The maximum Gasteiger partial charge on any atom is 0.0898 e. The van der Waals surface area contributed by atoms with Gasteiger partial charge in [-0.15, -0.1) is 11.3 Å². The van der Waals surface area contributed by atoms with E-state index < -0.39 is 0 Å². The minimum absolute atomic E-state index is 0.303. The van der Waals surface area contributed by atoms with Crippen LogP contribution in [0.1, 0.15) is 35.7 Å². The molecule has 0 spiro atoms. The predicted octanol–water partition coefficient (Wildman–Crippen LogP) is 3.13. The van der Waals surface area contributed by atoms with Crippen LogP contribution in [0.5, 0.6) is 0 Å². The first-order valence-electron chi connectivity index (χ1n) is 6.34. The number of thiazole rings is 1. The van der Waals surface area contributed by atoms with Gasteiger partial charge in [0.05, 0.1) is 16.7 Å². The van der Waals surface area contributed by atoms with Gasteiger partial charge >= 0.3 is 0 Å². The van der Waals surface area contributed by atoms with E-state index in [4.69, 9.17) is 0 Å². The highest BCUT2D eigenvalue weighted by Gasteiger charge is 2.14. The second-order valence-corrected chi connectivity index (χ2v) is 5.42. The van der Waals surface area contributed by atoms with Gasteiger partial charge in [-0.25, -0.2) is 4.98 Å². The molecule has 4 heteroatoms. The summed E-state index contributed by atoms with van der Waals surface area (Å²) in [5.41, 5.74) is 2.45. The number of pyridine rings is 1. The molecule has 0 bridgehead atoms. The molecule has 2 rings (SSSR count). The summed E-state index contributed by atoms with van der Waals surface area (Å²) < 4.78 is 0. The van der Waals surface area contributed by atoms with Gasteiger partial charge in [-0.2, -0.15) is 0 Å². The van der Waals surface area contributed by atoms with Crippen LogP contribution in [0.25, 0.3) is 0 Å². The number of hydrogen-bond acceptors (Lipinski definition) is 4. The Morgan fingerprint density at radius 1 is 1.33 bits per heavy atom. The van der Waals surface area contributed by atoms with Crippen LogP contribution in [0, 0.1) is 6.92 Å². The Labute approximate surface area is 112 Å². The van der Waals surface area contributed by atoms with Gasteiger partial charge in [-0.1, -0.05) is 6.92 Å². The lowest BCUT2D eigenvalue weighted by atomic mass is 10.1.